The summed E-state index contributed by atoms with van der Waals surface area (Å²) >= 11 is 0. The van der Waals surface area contributed by atoms with Gasteiger partial charge in [-0.15, -0.1) is 0 Å². The third-order valence-electron chi connectivity index (χ3n) is 4.72. The van der Waals surface area contributed by atoms with Gasteiger partial charge in [0.25, 0.3) is 5.91 Å². The molecule has 3 heteroatoms. The van der Waals surface area contributed by atoms with Crippen molar-refractivity contribution in [2.24, 2.45) is 4.99 Å². The number of hydrogen-bond donors (Lipinski definition) is 0. The molecule has 0 fully saturated rings. The summed E-state index contributed by atoms with van der Waals surface area (Å²) in [7, 11) is 0. The van der Waals surface area contributed by atoms with Crippen LogP contribution in [0.25, 0.3) is 0 Å². The van der Waals surface area contributed by atoms with Crippen molar-refractivity contribution in [1.29, 1.82) is 0 Å². The maximum Gasteiger partial charge on any atom is 0.277 e. The average molecular weight is 304 g/mol. The number of benzene rings is 2. The van der Waals surface area contributed by atoms with Gasteiger partial charge in [0.15, 0.2) is 0 Å². The van der Waals surface area contributed by atoms with Crippen LogP contribution >= 0.6 is 0 Å². The topological polar surface area (TPSA) is 32.7 Å². The summed E-state index contributed by atoms with van der Waals surface area (Å²) in [5.74, 6) is 0.540. The second kappa shape index (κ2) is 5.34. The molecule has 1 amide bonds. The quantitative estimate of drug-likeness (QED) is 0.817. The second-order valence-electron chi connectivity index (χ2n) is 6.58. The molecule has 0 unspecified atom stereocenters. The molecule has 3 nitrogen and oxygen atoms in total. The van der Waals surface area contributed by atoms with Crippen molar-refractivity contribution in [2.45, 2.75) is 32.6 Å². The maximum atomic E-state index is 12.8. The van der Waals surface area contributed by atoms with Crippen LogP contribution in [0.1, 0.15) is 42.9 Å². The average Bonchev–Trinajstić information content (AvgIpc) is 2.84. The first kappa shape index (κ1) is 14.2. The lowest BCUT2D eigenvalue weighted by Crippen LogP contribution is -2.33. The van der Waals surface area contributed by atoms with E-state index in [2.05, 4.69) is 37.0 Å². The fraction of sp³-hybridized carbons (Fsp3) is 0.300. The molecule has 23 heavy (non-hydrogen) atoms. The van der Waals surface area contributed by atoms with Gasteiger partial charge >= 0.3 is 0 Å². The molecule has 0 N–H and O–H groups in total. The molecule has 0 saturated carbocycles. The zero-order valence-electron chi connectivity index (χ0n) is 13.5. The van der Waals surface area contributed by atoms with Crippen LogP contribution in [0.4, 0.5) is 11.4 Å². The van der Waals surface area contributed by atoms with Gasteiger partial charge < -0.3 is 4.90 Å². The van der Waals surface area contributed by atoms with Crippen molar-refractivity contribution < 1.29 is 4.79 Å². The van der Waals surface area contributed by atoms with Crippen LogP contribution in [0.15, 0.2) is 47.5 Å². The molecule has 2 heterocycles. The van der Waals surface area contributed by atoms with E-state index >= 15 is 0 Å². The molecule has 0 saturated heterocycles. The number of aryl methyl sites for hydroxylation is 1. The summed E-state index contributed by atoms with van der Waals surface area (Å²) in [6.07, 6.45) is 2.07. The predicted octanol–water partition coefficient (Wildman–Crippen LogP) is 4.22. The first-order valence-corrected chi connectivity index (χ1v) is 8.28. The minimum atomic E-state index is 0.0417. The third kappa shape index (κ3) is 2.27. The van der Waals surface area contributed by atoms with Crippen LogP contribution in [0.3, 0.4) is 0 Å². The van der Waals surface area contributed by atoms with E-state index in [1.54, 1.807) is 0 Å². The molecule has 4 rings (SSSR count). The Morgan fingerprint density at radius 1 is 1.09 bits per heavy atom. The Morgan fingerprint density at radius 2 is 1.87 bits per heavy atom. The van der Waals surface area contributed by atoms with E-state index in [0.29, 0.717) is 11.6 Å². The molecule has 2 aromatic carbocycles. The number of carbonyl (C=O) groups excluding carboxylic acids is 1. The van der Waals surface area contributed by atoms with E-state index in [0.717, 1.165) is 36.3 Å². The largest absolute Gasteiger partial charge is 0.306 e. The van der Waals surface area contributed by atoms with Crippen LogP contribution in [0.2, 0.25) is 0 Å². The standard InChI is InChI=1S/C20H20N2O/c1-13(2)14-8-10-16(11-9-14)21-18-17-7-3-5-15-6-4-12-22(19(15)17)20(18)23/h3,5,7-11,13H,4,6,12H2,1-2H3. The molecule has 0 aliphatic carbocycles. The molecule has 2 aromatic rings. The summed E-state index contributed by atoms with van der Waals surface area (Å²) in [5, 5.41) is 0. The van der Waals surface area contributed by atoms with E-state index < -0.39 is 0 Å². The van der Waals surface area contributed by atoms with Crippen LogP contribution in [0, 0.1) is 0 Å². The van der Waals surface area contributed by atoms with Crippen LogP contribution in [-0.2, 0) is 11.2 Å². The zero-order chi connectivity index (χ0) is 16.0. The van der Waals surface area contributed by atoms with Gasteiger partial charge in [0.2, 0.25) is 0 Å². The Kier molecular flexibility index (Phi) is 3.29. The summed E-state index contributed by atoms with van der Waals surface area (Å²) < 4.78 is 0. The van der Waals surface area contributed by atoms with Crippen LogP contribution in [0.5, 0.6) is 0 Å². The Morgan fingerprint density at radius 3 is 2.61 bits per heavy atom. The van der Waals surface area contributed by atoms with Crippen molar-refractivity contribution in [1.82, 2.24) is 0 Å². The lowest BCUT2D eigenvalue weighted by atomic mass is 10.00. The number of amides is 1. The first-order valence-electron chi connectivity index (χ1n) is 8.28. The lowest BCUT2D eigenvalue weighted by molar-refractivity contribution is -0.112. The number of rotatable bonds is 2. The SMILES string of the molecule is CC(C)c1ccc(N=C2C(=O)N3CCCc4cccc2c43)cc1. The van der Waals surface area contributed by atoms with Crippen molar-refractivity contribution in [3.63, 3.8) is 0 Å². The second-order valence-corrected chi connectivity index (χ2v) is 6.58. The van der Waals surface area contributed by atoms with E-state index in [4.69, 9.17) is 0 Å². The van der Waals surface area contributed by atoms with Crippen molar-refractivity contribution in [3.8, 4) is 0 Å². The number of anilines is 1. The molecular weight excluding hydrogens is 284 g/mol. The Labute approximate surface area is 136 Å². The van der Waals surface area contributed by atoms with E-state index in [9.17, 15) is 4.79 Å². The van der Waals surface area contributed by atoms with E-state index in [1.165, 1.54) is 11.1 Å². The Hall–Kier alpha value is -2.42. The van der Waals surface area contributed by atoms with Gasteiger partial charge in [-0.05, 0) is 42.0 Å². The number of hydrogen-bond acceptors (Lipinski definition) is 2. The molecule has 0 aromatic heterocycles. The highest BCUT2D eigenvalue weighted by Gasteiger charge is 2.37. The van der Waals surface area contributed by atoms with Gasteiger partial charge in [-0.25, -0.2) is 4.99 Å². The normalized spacial score (nSPS) is 18.0. The summed E-state index contributed by atoms with van der Waals surface area (Å²) in [6, 6.07) is 14.4. The number of aliphatic imine (C=N–C) groups is 1. The fourth-order valence-electron chi connectivity index (χ4n) is 3.46. The minimum absolute atomic E-state index is 0.0417. The highest BCUT2D eigenvalue weighted by molar-refractivity contribution is 6.55. The Balaban J connectivity index is 1.78. The molecule has 0 atom stereocenters. The van der Waals surface area contributed by atoms with Gasteiger partial charge in [-0.2, -0.15) is 0 Å². The minimum Gasteiger partial charge on any atom is -0.306 e. The third-order valence-corrected chi connectivity index (χ3v) is 4.72. The van der Waals surface area contributed by atoms with Gasteiger partial charge in [-0.3, -0.25) is 4.79 Å². The number of para-hydroxylation sites is 1. The van der Waals surface area contributed by atoms with Crippen LogP contribution in [-0.4, -0.2) is 18.2 Å². The molecule has 0 radical (unpaired) electrons. The lowest BCUT2D eigenvalue weighted by Gasteiger charge is -2.24. The molecule has 116 valence electrons. The van der Waals surface area contributed by atoms with Crippen molar-refractivity contribution >= 4 is 23.0 Å². The van der Waals surface area contributed by atoms with Crippen molar-refractivity contribution in [2.75, 3.05) is 11.4 Å². The number of nitrogens with zero attached hydrogens (tertiary/aromatic N) is 2. The van der Waals surface area contributed by atoms with Gasteiger partial charge in [0.1, 0.15) is 5.71 Å². The maximum absolute atomic E-state index is 12.8. The number of carbonyl (C=O) groups is 1. The highest BCUT2D eigenvalue weighted by Crippen LogP contribution is 2.37. The smallest absolute Gasteiger partial charge is 0.277 e. The first-order chi connectivity index (χ1) is 11.1. The predicted molar refractivity (Wildman–Crippen MR) is 93.8 cm³/mol. The molecule has 0 bridgehead atoms. The molecule has 0 spiro atoms. The van der Waals surface area contributed by atoms with Crippen LogP contribution < -0.4 is 4.90 Å². The molecular formula is C20H20N2O. The zero-order valence-corrected chi connectivity index (χ0v) is 13.5. The Bertz CT molecular complexity index is 803. The summed E-state index contributed by atoms with van der Waals surface area (Å²) in [5.41, 5.74) is 6.05. The summed E-state index contributed by atoms with van der Waals surface area (Å²) in [4.78, 5) is 19.3. The van der Waals surface area contributed by atoms with Gasteiger partial charge in [0, 0.05) is 12.1 Å². The van der Waals surface area contributed by atoms with Gasteiger partial charge in [-0.1, -0.05) is 44.2 Å². The fourth-order valence-corrected chi connectivity index (χ4v) is 3.46. The van der Waals surface area contributed by atoms with E-state index in [-0.39, 0.29) is 5.91 Å². The monoisotopic (exact) mass is 304 g/mol. The summed E-state index contributed by atoms with van der Waals surface area (Å²) in [6.45, 7) is 5.15. The highest BCUT2D eigenvalue weighted by atomic mass is 16.2. The molecule has 2 aliphatic heterocycles. The van der Waals surface area contributed by atoms with Gasteiger partial charge in [0.05, 0.1) is 11.4 Å². The molecule has 2 aliphatic rings. The van der Waals surface area contributed by atoms with E-state index in [1.807, 2.05) is 29.2 Å². The van der Waals surface area contributed by atoms with Crippen molar-refractivity contribution in [3.05, 3.63) is 59.2 Å².